The van der Waals surface area contributed by atoms with E-state index in [4.69, 9.17) is 21.3 Å². The minimum absolute atomic E-state index is 0.0254. The number of hydrogen-bond acceptors (Lipinski definition) is 6. The van der Waals surface area contributed by atoms with E-state index >= 15 is 0 Å². The Bertz CT molecular complexity index is 623. The van der Waals surface area contributed by atoms with Crippen molar-refractivity contribution in [3.63, 3.8) is 0 Å². The number of ether oxygens (including phenoxy) is 1. The Kier molecular flexibility index (Phi) is 5.06. The summed E-state index contributed by atoms with van der Waals surface area (Å²) in [4.78, 5) is 24.8. The fourth-order valence-electron chi connectivity index (χ4n) is 2.92. The predicted octanol–water partition coefficient (Wildman–Crippen LogP) is 1.69. The summed E-state index contributed by atoms with van der Waals surface area (Å²) >= 11 is 0. The molecule has 0 saturated carbocycles. The van der Waals surface area contributed by atoms with Crippen LogP contribution < -0.4 is 16.2 Å². The Balaban J connectivity index is 2.39. The minimum atomic E-state index is -0.641. The Morgan fingerprint density at radius 3 is 2.61 bits per heavy atom. The molecule has 0 spiro atoms. The molecule has 1 heterocycles. The molecule has 126 valence electrons. The first kappa shape index (κ1) is 17.4. The Morgan fingerprint density at radius 2 is 2.04 bits per heavy atom. The number of Topliss-reactive ketones (excluding diaryl/α,β-unsaturated/α-hetero) is 2. The topological polar surface area (TPSA) is 116 Å². The molecule has 6 nitrogen and oxygen atoms in total. The van der Waals surface area contributed by atoms with Crippen molar-refractivity contribution in [2.45, 2.75) is 51.2 Å². The quantitative estimate of drug-likeness (QED) is 0.542. The van der Waals surface area contributed by atoms with Crippen LogP contribution in [0.25, 0.3) is 0 Å². The number of carbonyl (C=O) groups excluding carboxylic acids is 2. The van der Waals surface area contributed by atoms with E-state index in [-0.39, 0.29) is 47.8 Å². The molecule has 1 aliphatic heterocycles. The monoisotopic (exact) mass is 320 g/mol. The third-order valence-corrected chi connectivity index (χ3v) is 4.57. The molecule has 0 aromatic heterocycles. The van der Waals surface area contributed by atoms with Gasteiger partial charge in [0.2, 0.25) is 0 Å². The van der Waals surface area contributed by atoms with Gasteiger partial charge in [0.05, 0.1) is 24.3 Å². The second-order valence-corrected chi connectivity index (χ2v) is 6.06. The van der Waals surface area contributed by atoms with Gasteiger partial charge >= 0.3 is 0 Å². The standard InChI is InChI=1S/C17H24N2O4/c1-3-17(4-2)8-13(22)15-14(23-17)6-5-11(16(15)19)12(21)7-10(18)9-20/h5-6,10,20H,3-4,7-9,18-19H2,1-2H3/t10-/m1/s1. The number of carbonyl (C=O) groups is 2. The summed E-state index contributed by atoms with van der Waals surface area (Å²) in [7, 11) is 0. The molecular weight excluding hydrogens is 296 g/mol. The Labute approximate surface area is 135 Å². The molecule has 2 rings (SSSR count). The van der Waals surface area contributed by atoms with Crippen molar-refractivity contribution in [1.82, 2.24) is 0 Å². The number of nitrogen functional groups attached to an aromatic ring is 1. The molecule has 1 atom stereocenters. The van der Waals surface area contributed by atoms with Crippen LogP contribution in [0.15, 0.2) is 12.1 Å². The van der Waals surface area contributed by atoms with Gasteiger partial charge in [-0.2, -0.15) is 0 Å². The van der Waals surface area contributed by atoms with Gasteiger partial charge in [-0.05, 0) is 25.0 Å². The molecule has 6 heteroatoms. The van der Waals surface area contributed by atoms with Crippen LogP contribution in [-0.2, 0) is 0 Å². The number of aliphatic hydroxyl groups excluding tert-OH is 1. The van der Waals surface area contributed by atoms with Crippen LogP contribution in [0.2, 0.25) is 0 Å². The molecular formula is C17H24N2O4. The summed E-state index contributed by atoms with van der Waals surface area (Å²) in [6, 6.07) is 2.55. The highest BCUT2D eigenvalue weighted by Gasteiger charge is 2.39. The maximum atomic E-state index is 12.6. The van der Waals surface area contributed by atoms with Gasteiger partial charge in [0.1, 0.15) is 11.4 Å². The predicted molar refractivity (Wildman–Crippen MR) is 87.8 cm³/mol. The molecule has 0 aliphatic carbocycles. The summed E-state index contributed by atoms with van der Waals surface area (Å²) < 4.78 is 6.03. The zero-order valence-electron chi connectivity index (χ0n) is 13.6. The van der Waals surface area contributed by atoms with Crippen LogP contribution in [0.5, 0.6) is 5.75 Å². The lowest BCUT2D eigenvalue weighted by Crippen LogP contribution is -2.41. The van der Waals surface area contributed by atoms with Crippen molar-refractivity contribution >= 4 is 17.3 Å². The Morgan fingerprint density at radius 1 is 1.39 bits per heavy atom. The lowest BCUT2D eigenvalue weighted by molar-refractivity contribution is 0.0351. The molecule has 0 saturated heterocycles. The lowest BCUT2D eigenvalue weighted by atomic mass is 9.84. The maximum Gasteiger partial charge on any atom is 0.172 e. The molecule has 1 aromatic rings. The van der Waals surface area contributed by atoms with Gasteiger partial charge in [-0.1, -0.05) is 13.8 Å². The minimum Gasteiger partial charge on any atom is -0.486 e. The van der Waals surface area contributed by atoms with E-state index in [0.29, 0.717) is 5.75 Å². The number of benzene rings is 1. The van der Waals surface area contributed by atoms with Crippen molar-refractivity contribution in [1.29, 1.82) is 0 Å². The number of hydrogen-bond donors (Lipinski definition) is 3. The van der Waals surface area contributed by atoms with Gasteiger partial charge in [-0.3, -0.25) is 9.59 Å². The summed E-state index contributed by atoms with van der Waals surface area (Å²) in [5.74, 6) is 0.0430. The van der Waals surface area contributed by atoms with Gasteiger partial charge in [0.25, 0.3) is 0 Å². The van der Waals surface area contributed by atoms with Crippen LogP contribution in [-0.4, -0.2) is 34.9 Å². The van der Waals surface area contributed by atoms with E-state index in [0.717, 1.165) is 12.8 Å². The number of nitrogens with two attached hydrogens (primary N) is 2. The molecule has 0 unspecified atom stereocenters. The number of anilines is 1. The molecule has 1 aliphatic rings. The van der Waals surface area contributed by atoms with Gasteiger partial charge < -0.3 is 21.3 Å². The van der Waals surface area contributed by atoms with Gasteiger partial charge in [0.15, 0.2) is 11.6 Å². The van der Waals surface area contributed by atoms with Crippen molar-refractivity contribution in [2.75, 3.05) is 12.3 Å². The van der Waals surface area contributed by atoms with Gasteiger partial charge in [-0.25, -0.2) is 0 Å². The second-order valence-electron chi connectivity index (χ2n) is 6.06. The zero-order chi connectivity index (χ0) is 17.2. The van der Waals surface area contributed by atoms with Crippen LogP contribution in [0.3, 0.4) is 0 Å². The molecule has 0 amide bonds. The van der Waals surface area contributed by atoms with Crippen LogP contribution in [0.4, 0.5) is 5.69 Å². The highest BCUT2D eigenvalue weighted by molar-refractivity contribution is 6.11. The van der Waals surface area contributed by atoms with Crippen molar-refractivity contribution in [3.8, 4) is 5.75 Å². The Hall–Kier alpha value is -1.92. The summed E-state index contributed by atoms with van der Waals surface area (Å²) in [6.07, 6.45) is 1.68. The number of rotatable bonds is 6. The molecule has 5 N–H and O–H groups in total. The van der Waals surface area contributed by atoms with Gasteiger partial charge in [-0.15, -0.1) is 0 Å². The highest BCUT2D eigenvalue weighted by Crippen LogP contribution is 2.40. The molecule has 0 radical (unpaired) electrons. The van der Waals surface area contributed by atoms with Crippen molar-refractivity contribution < 1.29 is 19.4 Å². The molecule has 0 bridgehead atoms. The third kappa shape index (κ3) is 3.23. The summed E-state index contributed by atoms with van der Waals surface area (Å²) in [5.41, 5.74) is 11.8. The second kappa shape index (κ2) is 6.68. The summed E-state index contributed by atoms with van der Waals surface area (Å²) in [6.45, 7) is 3.69. The number of fused-ring (bicyclic) bond motifs is 1. The zero-order valence-corrected chi connectivity index (χ0v) is 13.6. The maximum absolute atomic E-state index is 12.6. The van der Waals surface area contributed by atoms with E-state index < -0.39 is 11.6 Å². The van der Waals surface area contributed by atoms with Crippen LogP contribution in [0, 0.1) is 0 Å². The fraction of sp³-hybridized carbons (Fsp3) is 0.529. The fourth-order valence-corrected chi connectivity index (χ4v) is 2.92. The van der Waals surface area contributed by atoms with E-state index in [1.54, 1.807) is 12.1 Å². The van der Waals surface area contributed by atoms with Crippen LogP contribution in [0.1, 0.15) is 60.2 Å². The number of aliphatic hydroxyl groups is 1. The normalized spacial score (nSPS) is 17.3. The highest BCUT2D eigenvalue weighted by atomic mass is 16.5. The third-order valence-electron chi connectivity index (χ3n) is 4.57. The first-order valence-electron chi connectivity index (χ1n) is 7.91. The average molecular weight is 320 g/mol. The smallest absolute Gasteiger partial charge is 0.172 e. The first-order chi connectivity index (χ1) is 10.9. The van der Waals surface area contributed by atoms with Crippen LogP contribution >= 0.6 is 0 Å². The van der Waals surface area contributed by atoms with Crippen molar-refractivity contribution in [2.24, 2.45) is 5.73 Å². The molecule has 1 aromatic carbocycles. The van der Waals surface area contributed by atoms with E-state index in [2.05, 4.69) is 0 Å². The van der Waals surface area contributed by atoms with E-state index in [1.807, 2.05) is 13.8 Å². The van der Waals surface area contributed by atoms with E-state index in [9.17, 15) is 9.59 Å². The first-order valence-corrected chi connectivity index (χ1v) is 7.91. The summed E-state index contributed by atoms with van der Waals surface area (Å²) in [5, 5.41) is 8.96. The molecule has 0 fully saturated rings. The lowest BCUT2D eigenvalue weighted by Gasteiger charge is -2.37. The van der Waals surface area contributed by atoms with Gasteiger partial charge in [0, 0.05) is 18.0 Å². The van der Waals surface area contributed by atoms with Crippen molar-refractivity contribution in [3.05, 3.63) is 23.3 Å². The number of ketones is 2. The largest absolute Gasteiger partial charge is 0.486 e. The van der Waals surface area contributed by atoms with E-state index in [1.165, 1.54) is 0 Å². The molecule has 23 heavy (non-hydrogen) atoms. The SMILES string of the molecule is CCC1(CC)CC(=O)c2c(ccc(C(=O)C[C@@H](N)CO)c2N)O1. The average Bonchev–Trinajstić information content (AvgIpc) is 2.54.